The van der Waals surface area contributed by atoms with Crippen molar-refractivity contribution >= 4 is 33.0 Å². The molecule has 0 bridgehead atoms. The van der Waals surface area contributed by atoms with Crippen LogP contribution in [0.3, 0.4) is 0 Å². The van der Waals surface area contributed by atoms with Crippen LogP contribution in [0.2, 0.25) is 0 Å². The number of hydrogen-bond donors (Lipinski definition) is 1. The molecule has 1 fully saturated rings. The van der Waals surface area contributed by atoms with Crippen LogP contribution in [0, 0.1) is 24.5 Å². The lowest BCUT2D eigenvalue weighted by atomic mass is 9.93. The first kappa shape index (κ1) is 27.2. The van der Waals surface area contributed by atoms with Crippen molar-refractivity contribution < 1.29 is 13.5 Å². The van der Waals surface area contributed by atoms with E-state index in [1.54, 1.807) is 33.3 Å². The van der Waals surface area contributed by atoms with Crippen LogP contribution in [0.4, 0.5) is 14.6 Å². The number of halogens is 2. The van der Waals surface area contributed by atoms with E-state index in [0.29, 0.717) is 33.4 Å². The van der Waals surface area contributed by atoms with E-state index in [1.807, 2.05) is 32.2 Å². The van der Waals surface area contributed by atoms with E-state index < -0.39 is 17.7 Å². The van der Waals surface area contributed by atoms with Gasteiger partial charge >= 0.3 is 0 Å². The summed E-state index contributed by atoms with van der Waals surface area (Å²) in [5.41, 5.74) is 9.96. The van der Waals surface area contributed by atoms with Gasteiger partial charge in [0.2, 0.25) is 0 Å². The highest BCUT2D eigenvalue weighted by atomic mass is 32.1. The van der Waals surface area contributed by atoms with Crippen molar-refractivity contribution in [2.24, 2.45) is 5.92 Å². The van der Waals surface area contributed by atoms with E-state index in [4.69, 9.17) is 15.6 Å². The van der Waals surface area contributed by atoms with Crippen molar-refractivity contribution in [2.45, 2.75) is 45.8 Å². The molecular formula is C32H28F2N6O2S. The van der Waals surface area contributed by atoms with E-state index in [-0.39, 0.29) is 29.1 Å². The van der Waals surface area contributed by atoms with Crippen molar-refractivity contribution in [1.29, 1.82) is 0 Å². The Balaban J connectivity index is 1.49. The zero-order valence-corrected chi connectivity index (χ0v) is 24.5. The first-order valence-corrected chi connectivity index (χ1v) is 14.9. The molecule has 6 aromatic rings. The molecule has 8 nitrogen and oxygen atoms in total. The molecule has 1 saturated carbocycles. The summed E-state index contributed by atoms with van der Waals surface area (Å²) in [4.78, 5) is 23.7. The molecule has 0 spiro atoms. The summed E-state index contributed by atoms with van der Waals surface area (Å²) in [5, 5.41) is 7.42. The fourth-order valence-corrected chi connectivity index (χ4v) is 6.70. The average molecular weight is 599 g/mol. The number of nitrogen functional groups attached to an aromatic ring is 1. The third kappa shape index (κ3) is 4.64. The molecule has 0 saturated heterocycles. The first-order chi connectivity index (χ1) is 20.7. The van der Waals surface area contributed by atoms with Crippen LogP contribution in [-0.4, -0.2) is 30.3 Å². The summed E-state index contributed by atoms with van der Waals surface area (Å²) in [6, 6.07) is 12.3. The molecule has 4 heterocycles. The van der Waals surface area contributed by atoms with Crippen molar-refractivity contribution in [3.8, 4) is 28.1 Å². The van der Waals surface area contributed by atoms with Gasteiger partial charge in [0, 0.05) is 16.6 Å². The number of ether oxygens (including phenoxy) is 1. The second-order valence-electron chi connectivity index (χ2n) is 11.2. The van der Waals surface area contributed by atoms with Gasteiger partial charge in [-0.05, 0) is 87.1 Å². The minimum Gasteiger partial charge on any atom is -0.488 e. The molecule has 43 heavy (non-hydrogen) atoms. The predicted molar refractivity (Wildman–Crippen MR) is 163 cm³/mol. The highest BCUT2D eigenvalue weighted by Crippen LogP contribution is 2.48. The number of aromatic nitrogens is 5. The van der Waals surface area contributed by atoms with Gasteiger partial charge in [-0.3, -0.25) is 9.20 Å². The molecule has 1 atom stereocenters. The predicted octanol–water partition coefficient (Wildman–Crippen LogP) is 6.79. The van der Waals surface area contributed by atoms with Crippen LogP contribution in [-0.2, 0) is 0 Å². The number of thiazole rings is 1. The van der Waals surface area contributed by atoms with Crippen LogP contribution in [0.15, 0.2) is 65.0 Å². The zero-order chi connectivity index (χ0) is 30.0. The normalized spacial score (nSPS) is 14.2. The number of fused-ring (bicyclic) bond motifs is 2. The number of nitrogens with two attached hydrogens (primary N) is 1. The van der Waals surface area contributed by atoms with Crippen LogP contribution in [0.25, 0.3) is 38.2 Å². The van der Waals surface area contributed by atoms with Crippen LogP contribution >= 0.6 is 11.3 Å². The summed E-state index contributed by atoms with van der Waals surface area (Å²) in [6.07, 6.45) is 2.99. The Labute approximate surface area is 249 Å². The van der Waals surface area contributed by atoms with E-state index >= 15 is 4.39 Å². The molecule has 0 radical (unpaired) electrons. The second kappa shape index (κ2) is 10.3. The topological polar surface area (TPSA) is 100 Å². The third-order valence-corrected chi connectivity index (χ3v) is 8.76. The quantitative estimate of drug-likeness (QED) is 0.217. The number of hydrogen-bond acceptors (Lipinski definition) is 7. The minimum atomic E-state index is -0.525. The van der Waals surface area contributed by atoms with Crippen LogP contribution in [0.5, 0.6) is 5.75 Å². The highest BCUT2D eigenvalue weighted by molar-refractivity contribution is 7.15. The lowest BCUT2D eigenvalue weighted by molar-refractivity contribution is 0.231. The summed E-state index contributed by atoms with van der Waals surface area (Å²) in [5.74, 6) is -0.470. The van der Waals surface area contributed by atoms with E-state index in [1.165, 1.54) is 35.9 Å². The van der Waals surface area contributed by atoms with Gasteiger partial charge in [-0.2, -0.15) is 5.10 Å². The molecule has 4 aromatic heterocycles. The molecule has 1 unspecified atom stereocenters. The van der Waals surface area contributed by atoms with Gasteiger partial charge < -0.3 is 10.5 Å². The van der Waals surface area contributed by atoms with Gasteiger partial charge in [0.05, 0.1) is 23.1 Å². The standard InChI is InChI=1S/C32H28F2N6O2S/c1-16(2)42-24-10-9-20(12-23(24)34)28-27-30(35)36-15-37-31(27)40(38-28)29(18-7-8-18)22-13-25-39(17(3)14-43-25)32(41)26(22)19-5-4-6-21(33)11-19/h4-6,9-16,18,29H,7-8H2,1-3H3,(H2,35,36,37). The lowest BCUT2D eigenvalue weighted by Gasteiger charge is -2.22. The SMILES string of the molecule is Cc1csc2cc(C(C3CC3)n3nc(-c4ccc(OC(C)C)c(F)c4)c4c(N)ncnc43)c(-c3cccc(F)c3)c(=O)n12. The van der Waals surface area contributed by atoms with Crippen molar-refractivity contribution in [3.05, 3.63) is 93.5 Å². The van der Waals surface area contributed by atoms with Crippen molar-refractivity contribution in [2.75, 3.05) is 5.73 Å². The molecule has 0 aliphatic heterocycles. The summed E-state index contributed by atoms with van der Waals surface area (Å²) >= 11 is 1.47. The van der Waals surface area contributed by atoms with Gasteiger partial charge in [-0.15, -0.1) is 11.3 Å². The van der Waals surface area contributed by atoms with E-state index in [0.717, 1.165) is 28.9 Å². The van der Waals surface area contributed by atoms with Crippen LogP contribution < -0.4 is 16.0 Å². The Bertz CT molecular complexity index is 2100. The van der Waals surface area contributed by atoms with E-state index in [2.05, 4.69) is 9.97 Å². The number of benzene rings is 2. The number of nitrogens with zero attached hydrogens (tertiary/aromatic N) is 5. The second-order valence-corrected chi connectivity index (χ2v) is 12.1. The first-order valence-electron chi connectivity index (χ1n) is 14.1. The molecule has 11 heteroatoms. The molecule has 1 aliphatic carbocycles. The maximum absolute atomic E-state index is 15.1. The molecule has 218 valence electrons. The van der Waals surface area contributed by atoms with Gasteiger partial charge in [0.15, 0.2) is 17.2 Å². The fourth-order valence-electron chi connectivity index (χ4n) is 5.78. The van der Waals surface area contributed by atoms with Gasteiger partial charge in [-0.1, -0.05) is 12.1 Å². The average Bonchev–Trinajstić information content (AvgIpc) is 3.62. The summed E-state index contributed by atoms with van der Waals surface area (Å²) in [7, 11) is 0. The molecule has 2 N–H and O–H groups in total. The molecule has 2 aromatic carbocycles. The Morgan fingerprint density at radius 2 is 1.88 bits per heavy atom. The Morgan fingerprint density at radius 1 is 1.07 bits per heavy atom. The third-order valence-electron chi connectivity index (χ3n) is 7.76. The fraction of sp³-hybridized carbons (Fsp3) is 0.250. The maximum atomic E-state index is 15.1. The number of pyridine rings is 1. The Hall–Kier alpha value is -4.64. The Kier molecular flexibility index (Phi) is 6.50. The number of aryl methyl sites for hydroxylation is 1. The minimum absolute atomic E-state index is 0.140. The highest BCUT2D eigenvalue weighted by Gasteiger charge is 2.39. The molecular weight excluding hydrogens is 570 g/mol. The number of rotatable bonds is 7. The van der Waals surface area contributed by atoms with Crippen molar-refractivity contribution in [3.63, 3.8) is 0 Å². The van der Waals surface area contributed by atoms with Gasteiger partial charge in [0.25, 0.3) is 5.56 Å². The number of anilines is 1. The smallest absolute Gasteiger partial charge is 0.264 e. The largest absolute Gasteiger partial charge is 0.488 e. The summed E-state index contributed by atoms with van der Waals surface area (Å²) in [6.45, 7) is 5.54. The van der Waals surface area contributed by atoms with E-state index in [9.17, 15) is 9.18 Å². The van der Waals surface area contributed by atoms with Gasteiger partial charge in [0.1, 0.15) is 28.5 Å². The lowest BCUT2D eigenvalue weighted by Crippen LogP contribution is -2.23. The monoisotopic (exact) mass is 598 g/mol. The summed E-state index contributed by atoms with van der Waals surface area (Å²) < 4.78 is 38.7. The molecule has 7 rings (SSSR count). The van der Waals surface area contributed by atoms with Gasteiger partial charge in [-0.25, -0.2) is 23.4 Å². The molecule has 0 amide bonds. The maximum Gasteiger partial charge on any atom is 0.264 e. The zero-order valence-electron chi connectivity index (χ0n) is 23.7. The van der Waals surface area contributed by atoms with Crippen molar-refractivity contribution in [1.82, 2.24) is 24.1 Å². The van der Waals surface area contributed by atoms with Crippen LogP contribution in [0.1, 0.15) is 44.0 Å². The Morgan fingerprint density at radius 3 is 2.60 bits per heavy atom. The molecule has 1 aliphatic rings.